The second kappa shape index (κ2) is 8.46. The van der Waals surface area contributed by atoms with Crippen LogP contribution in [-0.4, -0.2) is 56.9 Å². The molecule has 3 heterocycles. The van der Waals surface area contributed by atoms with Gasteiger partial charge in [0, 0.05) is 50.7 Å². The highest BCUT2D eigenvalue weighted by atomic mass is 32.1. The molecule has 0 amide bonds. The van der Waals surface area contributed by atoms with Gasteiger partial charge in [0.05, 0.1) is 13.3 Å². The fourth-order valence-corrected chi connectivity index (χ4v) is 5.11. The Bertz CT molecular complexity index is 1160. The molecule has 7 heteroatoms. The lowest BCUT2D eigenvalue weighted by Gasteiger charge is -2.34. The smallest absolute Gasteiger partial charge is 0.203 e. The van der Waals surface area contributed by atoms with Crippen LogP contribution in [0.1, 0.15) is 35.7 Å². The third-order valence-electron chi connectivity index (χ3n) is 6.78. The summed E-state index contributed by atoms with van der Waals surface area (Å²) in [5.74, 6) is 2.74. The molecule has 1 saturated carbocycles. The number of nitrogens with zero attached hydrogens (tertiary/aromatic N) is 5. The van der Waals surface area contributed by atoms with E-state index in [9.17, 15) is 0 Å². The van der Waals surface area contributed by atoms with Gasteiger partial charge in [-0.2, -0.15) is 5.10 Å². The second-order valence-electron chi connectivity index (χ2n) is 9.16. The number of para-hydroxylation sites is 1. The predicted molar refractivity (Wildman–Crippen MR) is 127 cm³/mol. The highest BCUT2D eigenvalue weighted by Gasteiger charge is 2.31. The van der Waals surface area contributed by atoms with E-state index < -0.39 is 0 Å². The topological polar surface area (TPSA) is 38.5 Å². The van der Waals surface area contributed by atoms with E-state index in [-0.39, 0.29) is 0 Å². The minimum atomic E-state index is 0.549. The molecule has 3 aromatic rings. The lowest BCUT2D eigenvalue weighted by molar-refractivity contribution is 0.0980. The molecule has 2 aliphatic heterocycles. The van der Waals surface area contributed by atoms with Crippen LogP contribution in [-0.2, 0) is 19.6 Å². The molecule has 0 radical (unpaired) electrons. The summed E-state index contributed by atoms with van der Waals surface area (Å²) in [7, 11) is 0. The zero-order valence-corrected chi connectivity index (χ0v) is 19.1. The molecule has 0 bridgehead atoms. The first-order chi connectivity index (χ1) is 15.7. The van der Waals surface area contributed by atoms with Gasteiger partial charge in [-0.05, 0) is 54.4 Å². The Morgan fingerprint density at radius 2 is 1.75 bits per heavy atom. The number of hydrogen-bond acceptors (Lipinski definition) is 5. The summed E-state index contributed by atoms with van der Waals surface area (Å²) < 4.78 is 10.7. The molecule has 6 rings (SSSR count). The fourth-order valence-electron chi connectivity index (χ4n) is 4.82. The average molecular weight is 448 g/mol. The first-order valence-electron chi connectivity index (χ1n) is 11.7. The number of ether oxygens (including phenoxy) is 1. The SMILES string of the molecule is S=c1n(CN2CCN(Cc3ccc4c(c3)CCO4)CC2)nc(C2CC2)n1-c1ccccc1. The zero-order chi connectivity index (χ0) is 21.5. The van der Waals surface area contributed by atoms with E-state index in [4.69, 9.17) is 22.1 Å². The van der Waals surface area contributed by atoms with Crippen LogP contribution in [0.25, 0.3) is 5.69 Å². The summed E-state index contributed by atoms with van der Waals surface area (Å²) >= 11 is 5.88. The highest BCUT2D eigenvalue weighted by molar-refractivity contribution is 7.71. The quantitative estimate of drug-likeness (QED) is 0.534. The lowest BCUT2D eigenvalue weighted by atomic mass is 10.1. The van der Waals surface area contributed by atoms with Gasteiger partial charge in [0.1, 0.15) is 11.6 Å². The first-order valence-corrected chi connectivity index (χ1v) is 12.1. The summed E-state index contributed by atoms with van der Waals surface area (Å²) in [6.07, 6.45) is 3.47. The van der Waals surface area contributed by atoms with Crippen LogP contribution in [0.2, 0.25) is 0 Å². The fraction of sp³-hybridized carbons (Fsp3) is 0.440. The normalized spacial score (nSPS) is 19.1. The Labute approximate surface area is 194 Å². The molecule has 166 valence electrons. The highest BCUT2D eigenvalue weighted by Crippen LogP contribution is 2.40. The number of rotatable bonds is 6. The van der Waals surface area contributed by atoms with Crippen molar-refractivity contribution in [3.63, 3.8) is 0 Å². The maximum Gasteiger partial charge on any atom is 0.203 e. The van der Waals surface area contributed by atoms with Crippen LogP contribution >= 0.6 is 12.2 Å². The molecule has 0 N–H and O–H groups in total. The third-order valence-corrected chi connectivity index (χ3v) is 7.17. The largest absolute Gasteiger partial charge is 0.493 e. The van der Waals surface area contributed by atoms with Crippen LogP contribution in [0.5, 0.6) is 5.75 Å². The molecule has 1 saturated heterocycles. The van der Waals surface area contributed by atoms with Crippen LogP contribution in [0.15, 0.2) is 48.5 Å². The van der Waals surface area contributed by atoms with Gasteiger partial charge in [-0.3, -0.25) is 14.4 Å². The Hall–Kier alpha value is -2.48. The van der Waals surface area contributed by atoms with E-state index in [1.54, 1.807) is 0 Å². The molecule has 2 aromatic carbocycles. The van der Waals surface area contributed by atoms with Crippen molar-refractivity contribution in [3.05, 3.63) is 70.3 Å². The minimum absolute atomic E-state index is 0.549. The van der Waals surface area contributed by atoms with Gasteiger partial charge >= 0.3 is 0 Å². The summed E-state index contributed by atoms with van der Waals surface area (Å²) in [5.41, 5.74) is 3.87. The van der Waals surface area contributed by atoms with E-state index in [1.165, 1.54) is 24.0 Å². The van der Waals surface area contributed by atoms with Crippen LogP contribution in [0.4, 0.5) is 0 Å². The molecule has 0 spiro atoms. The van der Waals surface area contributed by atoms with Crippen molar-refractivity contribution in [3.8, 4) is 11.4 Å². The lowest BCUT2D eigenvalue weighted by Crippen LogP contribution is -2.46. The van der Waals surface area contributed by atoms with Gasteiger partial charge in [-0.15, -0.1) is 0 Å². The van der Waals surface area contributed by atoms with Crippen LogP contribution < -0.4 is 4.74 Å². The molecule has 1 aromatic heterocycles. The zero-order valence-electron chi connectivity index (χ0n) is 18.3. The predicted octanol–water partition coefficient (Wildman–Crippen LogP) is 3.99. The minimum Gasteiger partial charge on any atom is -0.493 e. The Kier molecular flexibility index (Phi) is 5.33. The molecule has 0 unspecified atom stereocenters. The van der Waals surface area contributed by atoms with Gasteiger partial charge < -0.3 is 4.74 Å². The number of piperazine rings is 1. The van der Waals surface area contributed by atoms with Gasteiger partial charge in [0.15, 0.2) is 0 Å². The molecule has 0 atom stereocenters. The number of hydrogen-bond donors (Lipinski definition) is 0. The summed E-state index contributed by atoms with van der Waals surface area (Å²) in [6, 6.07) is 17.1. The maximum atomic E-state index is 5.88. The van der Waals surface area contributed by atoms with Crippen LogP contribution in [0.3, 0.4) is 0 Å². The van der Waals surface area contributed by atoms with Crippen LogP contribution in [0, 0.1) is 4.77 Å². The van der Waals surface area contributed by atoms with Crippen molar-refractivity contribution in [2.75, 3.05) is 32.8 Å². The molecule has 1 aliphatic carbocycles. The van der Waals surface area contributed by atoms with Crippen molar-refractivity contribution in [2.45, 2.75) is 38.4 Å². The van der Waals surface area contributed by atoms with E-state index in [0.717, 1.165) is 74.5 Å². The van der Waals surface area contributed by atoms with Gasteiger partial charge in [-0.1, -0.05) is 30.3 Å². The Morgan fingerprint density at radius 1 is 0.969 bits per heavy atom. The molecule has 6 nitrogen and oxygen atoms in total. The number of fused-ring (bicyclic) bond motifs is 1. The molecular formula is C25H29N5OS. The summed E-state index contributed by atoms with van der Waals surface area (Å²) in [6.45, 7) is 6.80. The van der Waals surface area contributed by atoms with Crippen molar-refractivity contribution in [1.29, 1.82) is 0 Å². The number of aromatic nitrogens is 3. The number of benzene rings is 2. The first kappa shape index (κ1) is 20.1. The second-order valence-corrected chi connectivity index (χ2v) is 9.53. The third kappa shape index (κ3) is 4.00. The van der Waals surface area contributed by atoms with Crippen molar-refractivity contribution in [2.24, 2.45) is 0 Å². The van der Waals surface area contributed by atoms with Crippen molar-refractivity contribution < 1.29 is 4.74 Å². The van der Waals surface area contributed by atoms with E-state index in [1.807, 2.05) is 10.7 Å². The summed E-state index contributed by atoms with van der Waals surface area (Å²) in [4.78, 5) is 5.02. The Morgan fingerprint density at radius 3 is 2.53 bits per heavy atom. The van der Waals surface area contributed by atoms with Crippen molar-refractivity contribution in [1.82, 2.24) is 24.1 Å². The standard InChI is InChI=1S/C25H29N5OS/c32-25-29(26-24(20-7-8-20)30(25)22-4-2-1-3-5-22)18-28-13-11-27(12-14-28)17-19-6-9-23-21(16-19)10-15-31-23/h1-6,9,16,20H,7-8,10-15,17-18H2. The van der Waals surface area contributed by atoms with Gasteiger partial charge in [-0.25, -0.2) is 4.68 Å². The molecule has 3 aliphatic rings. The summed E-state index contributed by atoms with van der Waals surface area (Å²) in [5, 5.41) is 4.97. The van der Waals surface area contributed by atoms with Gasteiger partial charge in [0.25, 0.3) is 0 Å². The molecular weight excluding hydrogens is 418 g/mol. The maximum absolute atomic E-state index is 5.88. The van der Waals surface area contributed by atoms with Crippen molar-refractivity contribution >= 4 is 12.2 Å². The monoisotopic (exact) mass is 447 g/mol. The van der Waals surface area contributed by atoms with Gasteiger partial charge in [0.2, 0.25) is 4.77 Å². The van der Waals surface area contributed by atoms with E-state index in [0.29, 0.717) is 5.92 Å². The average Bonchev–Trinajstić information content (AvgIpc) is 3.48. The van der Waals surface area contributed by atoms with E-state index >= 15 is 0 Å². The molecule has 32 heavy (non-hydrogen) atoms. The van der Waals surface area contributed by atoms with E-state index in [2.05, 4.69) is 56.8 Å². The molecule has 2 fully saturated rings. The Balaban J connectivity index is 1.12.